The molecule has 6 heteroatoms. The molecule has 1 fully saturated rings. The van der Waals surface area contributed by atoms with E-state index in [-0.39, 0.29) is 5.41 Å². The van der Waals surface area contributed by atoms with Gasteiger partial charge in [-0.25, -0.2) is 15.8 Å². The molecule has 1 aliphatic heterocycles. The molecule has 2 rings (SSSR count). The summed E-state index contributed by atoms with van der Waals surface area (Å²) in [5, 5.41) is 3.35. The highest BCUT2D eigenvalue weighted by atomic mass is 16.5. The standard InChI is InChI=1S/C15H27N5O/c1-15(2,3)14-18-12(10-13(19-14)20-16)17-8-7-11-6-4-5-9-21-11/h10-11H,4-9,16H2,1-3H3,(H2,17,18,19,20). The van der Waals surface area contributed by atoms with Crippen LogP contribution < -0.4 is 16.6 Å². The lowest BCUT2D eigenvalue weighted by Gasteiger charge is -2.23. The van der Waals surface area contributed by atoms with Crippen LogP contribution in [0.4, 0.5) is 11.6 Å². The van der Waals surface area contributed by atoms with Crippen LogP contribution >= 0.6 is 0 Å². The van der Waals surface area contributed by atoms with Gasteiger partial charge >= 0.3 is 0 Å². The van der Waals surface area contributed by atoms with Crippen molar-refractivity contribution in [3.63, 3.8) is 0 Å². The van der Waals surface area contributed by atoms with E-state index in [1.807, 2.05) is 6.07 Å². The Hall–Kier alpha value is -1.40. The number of nitrogens with zero attached hydrogens (tertiary/aromatic N) is 2. The minimum atomic E-state index is -0.115. The number of hydrazine groups is 1. The Labute approximate surface area is 126 Å². The molecule has 0 radical (unpaired) electrons. The average Bonchev–Trinajstić information content (AvgIpc) is 2.47. The Morgan fingerprint density at radius 3 is 2.67 bits per heavy atom. The molecule has 1 atom stereocenters. The summed E-state index contributed by atoms with van der Waals surface area (Å²) >= 11 is 0. The van der Waals surface area contributed by atoms with Gasteiger partial charge in [0.15, 0.2) is 0 Å². The summed E-state index contributed by atoms with van der Waals surface area (Å²) in [6, 6.07) is 1.83. The van der Waals surface area contributed by atoms with Crippen LogP contribution in [0.3, 0.4) is 0 Å². The van der Waals surface area contributed by atoms with Gasteiger partial charge in [-0.1, -0.05) is 20.8 Å². The second kappa shape index (κ2) is 7.04. The molecule has 0 aromatic carbocycles. The Morgan fingerprint density at radius 1 is 1.29 bits per heavy atom. The fraction of sp³-hybridized carbons (Fsp3) is 0.733. The zero-order valence-corrected chi connectivity index (χ0v) is 13.3. The largest absolute Gasteiger partial charge is 0.378 e. The van der Waals surface area contributed by atoms with Gasteiger partial charge in [0.1, 0.15) is 17.5 Å². The first kappa shape index (κ1) is 16.0. The van der Waals surface area contributed by atoms with Gasteiger partial charge in [-0.05, 0) is 25.7 Å². The molecule has 0 saturated carbocycles. The van der Waals surface area contributed by atoms with E-state index in [1.165, 1.54) is 12.8 Å². The van der Waals surface area contributed by atoms with Crippen molar-refractivity contribution in [1.82, 2.24) is 9.97 Å². The van der Waals surface area contributed by atoms with Crippen molar-refractivity contribution < 1.29 is 4.74 Å². The molecule has 21 heavy (non-hydrogen) atoms. The van der Waals surface area contributed by atoms with Crippen LogP contribution in [0.25, 0.3) is 0 Å². The maximum absolute atomic E-state index is 5.73. The molecular weight excluding hydrogens is 266 g/mol. The molecule has 1 unspecified atom stereocenters. The lowest BCUT2D eigenvalue weighted by atomic mass is 9.96. The number of hydrogen-bond acceptors (Lipinski definition) is 6. The number of ether oxygens (including phenoxy) is 1. The third kappa shape index (κ3) is 4.82. The molecule has 0 aliphatic carbocycles. The molecule has 0 spiro atoms. The number of nitrogen functional groups attached to an aromatic ring is 1. The maximum atomic E-state index is 5.73. The SMILES string of the molecule is CC(C)(C)c1nc(NN)cc(NCCC2CCCCO2)n1. The van der Waals surface area contributed by atoms with Gasteiger partial charge < -0.3 is 15.5 Å². The Morgan fingerprint density at radius 2 is 2.05 bits per heavy atom. The number of nitrogens with one attached hydrogen (secondary N) is 2. The van der Waals surface area contributed by atoms with E-state index in [0.717, 1.165) is 37.6 Å². The number of rotatable bonds is 5. The van der Waals surface area contributed by atoms with Crippen molar-refractivity contribution in [3.05, 3.63) is 11.9 Å². The van der Waals surface area contributed by atoms with Crippen LogP contribution in [-0.4, -0.2) is 29.2 Å². The minimum Gasteiger partial charge on any atom is -0.378 e. The molecule has 118 valence electrons. The van der Waals surface area contributed by atoms with E-state index in [4.69, 9.17) is 10.6 Å². The van der Waals surface area contributed by atoms with Gasteiger partial charge in [0.2, 0.25) is 0 Å². The first-order valence-electron chi connectivity index (χ1n) is 7.70. The Kier molecular flexibility index (Phi) is 5.36. The van der Waals surface area contributed by atoms with E-state index in [9.17, 15) is 0 Å². The van der Waals surface area contributed by atoms with Crippen LogP contribution in [0.15, 0.2) is 6.07 Å². The van der Waals surface area contributed by atoms with Crippen molar-refractivity contribution in [2.24, 2.45) is 5.84 Å². The van der Waals surface area contributed by atoms with Crippen LogP contribution in [0.2, 0.25) is 0 Å². The monoisotopic (exact) mass is 293 g/mol. The topological polar surface area (TPSA) is 85.1 Å². The van der Waals surface area contributed by atoms with Crippen molar-refractivity contribution in [3.8, 4) is 0 Å². The van der Waals surface area contributed by atoms with Gasteiger partial charge in [-0.3, -0.25) is 0 Å². The van der Waals surface area contributed by atoms with E-state index in [2.05, 4.69) is 41.5 Å². The first-order chi connectivity index (χ1) is 9.99. The summed E-state index contributed by atoms with van der Waals surface area (Å²) in [5.74, 6) is 7.70. The van der Waals surface area contributed by atoms with Crippen LogP contribution in [0, 0.1) is 0 Å². The lowest BCUT2D eigenvalue weighted by molar-refractivity contribution is 0.0134. The predicted octanol–water partition coefficient (Wildman–Crippen LogP) is 2.43. The van der Waals surface area contributed by atoms with Gasteiger partial charge in [-0.2, -0.15) is 0 Å². The Bertz CT molecular complexity index is 452. The summed E-state index contributed by atoms with van der Waals surface area (Å²) in [6.45, 7) is 8.00. The smallest absolute Gasteiger partial charge is 0.145 e. The molecule has 6 nitrogen and oxygen atoms in total. The lowest BCUT2D eigenvalue weighted by Crippen LogP contribution is -2.23. The maximum Gasteiger partial charge on any atom is 0.145 e. The zero-order chi connectivity index (χ0) is 15.3. The molecule has 4 N–H and O–H groups in total. The van der Waals surface area contributed by atoms with Gasteiger partial charge in [-0.15, -0.1) is 0 Å². The molecule has 2 heterocycles. The fourth-order valence-corrected chi connectivity index (χ4v) is 2.34. The van der Waals surface area contributed by atoms with Gasteiger partial charge in [0.25, 0.3) is 0 Å². The van der Waals surface area contributed by atoms with Gasteiger partial charge in [0.05, 0.1) is 6.10 Å². The van der Waals surface area contributed by atoms with E-state index >= 15 is 0 Å². The summed E-state index contributed by atoms with van der Waals surface area (Å²) < 4.78 is 5.73. The molecule has 0 bridgehead atoms. The third-order valence-electron chi connectivity index (χ3n) is 3.59. The van der Waals surface area contributed by atoms with Crippen molar-refractivity contribution in [1.29, 1.82) is 0 Å². The molecule has 1 aromatic heterocycles. The number of hydrogen-bond donors (Lipinski definition) is 3. The number of anilines is 2. The molecule has 1 aliphatic rings. The van der Waals surface area contributed by atoms with E-state index in [0.29, 0.717) is 11.9 Å². The summed E-state index contributed by atoms with van der Waals surface area (Å²) in [5.41, 5.74) is 2.49. The highest BCUT2D eigenvalue weighted by Crippen LogP contribution is 2.22. The van der Waals surface area contributed by atoms with E-state index in [1.54, 1.807) is 0 Å². The zero-order valence-electron chi connectivity index (χ0n) is 13.3. The summed E-state index contributed by atoms with van der Waals surface area (Å²) in [4.78, 5) is 8.99. The fourth-order valence-electron chi connectivity index (χ4n) is 2.34. The van der Waals surface area contributed by atoms with Crippen LogP contribution in [0.5, 0.6) is 0 Å². The normalized spacial score (nSPS) is 19.3. The van der Waals surface area contributed by atoms with Crippen LogP contribution in [0.1, 0.15) is 52.3 Å². The third-order valence-corrected chi connectivity index (χ3v) is 3.59. The highest BCUT2D eigenvalue weighted by molar-refractivity contribution is 5.47. The summed E-state index contributed by atoms with van der Waals surface area (Å²) in [6.07, 6.45) is 5.00. The van der Waals surface area contributed by atoms with Crippen molar-refractivity contribution in [2.45, 2.75) is 58.0 Å². The number of nitrogens with two attached hydrogens (primary N) is 1. The predicted molar refractivity (Wildman–Crippen MR) is 85.2 cm³/mol. The Balaban J connectivity index is 1.95. The van der Waals surface area contributed by atoms with E-state index < -0.39 is 0 Å². The van der Waals surface area contributed by atoms with Crippen molar-refractivity contribution in [2.75, 3.05) is 23.9 Å². The van der Waals surface area contributed by atoms with Gasteiger partial charge in [0, 0.05) is 24.6 Å². The van der Waals surface area contributed by atoms with Crippen molar-refractivity contribution >= 4 is 11.6 Å². The second-order valence-electron chi connectivity index (χ2n) is 6.56. The summed E-state index contributed by atoms with van der Waals surface area (Å²) in [7, 11) is 0. The number of aromatic nitrogens is 2. The highest BCUT2D eigenvalue weighted by Gasteiger charge is 2.19. The second-order valence-corrected chi connectivity index (χ2v) is 6.56. The molecular formula is C15H27N5O. The molecule has 1 saturated heterocycles. The molecule has 0 amide bonds. The minimum absolute atomic E-state index is 0.115. The average molecular weight is 293 g/mol. The first-order valence-corrected chi connectivity index (χ1v) is 7.70. The van der Waals surface area contributed by atoms with Crippen LogP contribution in [-0.2, 0) is 10.2 Å². The quantitative estimate of drug-likeness (QED) is 0.571. The molecule has 1 aromatic rings.